The number of fused-ring (bicyclic) bond motifs is 2. The lowest BCUT2D eigenvalue weighted by atomic mass is 10.1. The molecule has 0 atom stereocenters. The van der Waals surface area contributed by atoms with Gasteiger partial charge in [0.25, 0.3) is 0 Å². The van der Waals surface area contributed by atoms with Gasteiger partial charge in [0.1, 0.15) is 23.5 Å². The van der Waals surface area contributed by atoms with E-state index in [0.29, 0.717) is 11.7 Å². The van der Waals surface area contributed by atoms with Crippen molar-refractivity contribution in [2.45, 2.75) is 6.04 Å². The molecule has 5 rings (SSSR count). The Kier molecular flexibility index (Phi) is 2.99. The molecule has 1 fully saturated rings. The maximum Gasteiger partial charge on any atom is 0.180 e. The predicted octanol–water partition coefficient (Wildman–Crippen LogP) is 0.787. The molecule has 0 radical (unpaired) electrons. The van der Waals surface area contributed by atoms with Crippen LogP contribution in [0.15, 0.2) is 43.0 Å². The summed E-state index contributed by atoms with van der Waals surface area (Å²) in [7, 11) is 2.06. The van der Waals surface area contributed by atoms with Crippen LogP contribution in [0.4, 0.5) is 11.6 Å². The van der Waals surface area contributed by atoms with E-state index >= 15 is 0 Å². The SMILES string of the molecule is CN(c1ccc2nccnc2n1)C1CN(c2ccc3nncn3n2)C1. The lowest BCUT2D eigenvalue weighted by molar-refractivity contribution is 0.487. The Hall–Kier alpha value is -3.36. The van der Waals surface area contributed by atoms with Crippen molar-refractivity contribution in [2.75, 3.05) is 29.9 Å². The second kappa shape index (κ2) is 5.33. The molecule has 0 amide bonds. The highest BCUT2D eigenvalue weighted by Crippen LogP contribution is 2.24. The fourth-order valence-electron chi connectivity index (χ4n) is 3.00. The standard InChI is InChI=1S/C16H15N9/c1-23(13-3-2-12-16(20-13)18-7-6-17-12)11-8-24(9-11)15-5-4-14-21-19-10-25(14)22-15/h2-7,10-11H,8-9H2,1H3. The van der Waals surface area contributed by atoms with Gasteiger partial charge in [0.2, 0.25) is 0 Å². The van der Waals surface area contributed by atoms with Gasteiger partial charge in [0.15, 0.2) is 11.3 Å². The zero-order chi connectivity index (χ0) is 16.8. The van der Waals surface area contributed by atoms with Crippen molar-refractivity contribution in [2.24, 2.45) is 0 Å². The first-order chi connectivity index (χ1) is 12.3. The summed E-state index contributed by atoms with van der Waals surface area (Å²) in [4.78, 5) is 17.6. The minimum Gasteiger partial charge on any atom is -0.353 e. The molecule has 0 aliphatic carbocycles. The third-order valence-corrected chi connectivity index (χ3v) is 4.56. The lowest BCUT2D eigenvalue weighted by Crippen LogP contribution is -2.59. The van der Waals surface area contributed by atoms with E-state index in [1.807, 2.05) is 24.3 Å². The first-order valence-electron chi connectivity index (χ1n) is 8.00. The van der Waals surface area contributed by atoms with Crippen molar-refractivity contribution in [1.29, 1.82) is 0 Å². The Balaban J connectivity index is 1.33. The van der Waals surface area contributed by atoms with Gasteiger partial charge >= 0.3 is 0 Å². The van der Waals surface area contributed by atoms with Crippen molar-refractivity contribution in [3.63, 3.8) is 0 Å². The van der Waals surface area contributed by atoms with Crippen molar-refractivity contribution < 1.29 is 0 Å². The summed E-state index contributed by atoms with van der Waals surface area (Å²) in [6.45, 7) is 1.77. The molecule has 25 heavy (non-hydrogen) atoms. The molecule has 0 aromatic carbocycles. The fraction of sp³-hybridized carbons (Fsp3) is 0.250. The summed E-state index contributed by atoms with van der Waals surface area (Å²) in [5.41, 5.74) is 2.23. The van der Waals surface area contributed by atoms with Crippen LogP contribution < -0.4 is 9.80 Å². The quantitative estimate of drug-likeness (QED) is 0.544. The van der Waals surface area contributed by atoms with E-state index in [-0.39, 0.29) is 0 Å². The van der Waals surface area contributed by atoms with E-state index in [2.05, 4.69) is 47.1 Å². The topological polar surface area (TPSA) is 88.2 Å². The Morgan fingerprint density at radius 3 is 2.88 bits per heavy atom. The summed E-state index contributed by atoms with van der Waals surface area (Å²) < 4.78 is 1.69. The summed E-state index contributed by atoms with van der Waals surface area (Å²) in [5.74, 6) is 1.83. The van der Waals surface area contributed by atoms with Crippen molar-refractivity contribution in [3.05, 3.63) is 43.0 Å². The third-order valence-electron chi connectivity index (χ3n) is 4.56. The molecule has 1 aliphatic heterocycles. The number of hydrogen-bond acceptors (Lipinski definition) is 8. The number of nitrogens with zero attached hydrogens (tertiary/aromatic N) is 9. The molecule has 0 N–H and O–H groups in total. The summed E-state index contributed by atoms with van der Waals surface area (Å²) in [6.07, 6.45) is 4.95. The Morgan fingerprint density at radius 2 is 1.96 bits per heavy atom. The van der Waals surface area contributed by atoms with Crippen molar-refractivity contribution in [3.8, 4) is 0 Å². The average molecular weight is 333 g/mol. The molecule has 9 nitrogen and oxygen atoms in total. The monoisotopic (exact) mass is 333 g/mol. The van der Waals surface area contributed by atoms with Gasteiger partial charge in [0, 0.05) is 32.5 Å². The van der Waals surface area contributed by atoms with Crippen LogP contribution >= 0.6 is 0 Å². The highest BCUT2D eigenvalue weighted by Gasteiger charge is 2.32. The van der Waals surface area contributed by atoms with Gasteiger partial charge in [-0.2, -0.15) is 4.52 Å². The largest absolute Gasteiger partial charge is 0.353 e. The Labute approximate surface area is 143 Å². The van der Waals surface area contributed by atoms with Gasteiger partial charge in [-0.15, -0.1) is 15.3 Å². The minimum atomic E-state index is 0.375. The molecule has 4 aromatic heterocycles. The van der Waals surface area contributed by atoms with E-state index in [9.17, 15) is 0 Å². The average Bonchev–Trinajstić information content (AvgIpc) is 3.08. The van der Waals surface area contributed by atoms with Crippen LogP contribution in [0.5, 0.6) is 0 Å². The van der Waals surface area contributed by atoms with Crippen LogP contribution in [0.1, 0.15) is 0 Å². The zero-order valence-corrected chi connectivity index (χ0v) is 13.6. The number of likely N-dealkylation sites (N-methyl/N-ethyl adjacent to an activating group) is 1. The number of aromatic nitrogens is 7. The maximum atomic E-state index is 4.61. The molecule has 1 saturated heterocycles. The molecule has 0 spiro atoms. The van der Waals surface area contributed by atoms with Crippen LogP contribution in [0.25, 0.3) is 16.8 Å². The van der Waals surface area contributed by atoms with Gasteiger partial charge in [-0.25, -0.2) is 9.97 Å². The number of anilines is 2. The van der Waals surface area contributed by atoms with Gasteiger partial charge in [-0.05, 0) is 24.3 Å². The van der Waals surface area contributed by atoms with Crippen molar-refractivity contribution >= 4 is 28.4 Å². The fourth-order valence-corrected chi connectivity index (χ4v) is 3.00. The third kappa shape index (κ3) is 2.32. The maximum absolute atomic E-state index is 4.61. The van der Waals surface area contributed by atoms with E-state index in [4.69, 9.17) is 0 Å². The van der Waals surface area contributed by atoms with E-state index in [1.54, 1.807) is 23.2 Å². The number of hydrogen-bond donors (Lipinski definition) is 0. The van der Waals surface area contributed by atoms with E-state index in [0.717, 1.165) is 35.9 Å². The summed E-state index contributed by atoms with van der Waals surface area (Å²) in [6, 6.07) is 8.22. The van der Waals surface area contributed by atoms with E-state index < -0.39 is 0 Å². The molecule has 0 saturated carbocycles. The highest BCUT2D eigenvalue weighted by molar-refractivity contribution is 5.71. The highest BCUT2D eigenvalue weighted by atomic mass is 15.4. The zero-order valence-electron chi connectivity index (χ0n) is 13.6. The molecular formula is C16H15N9. The van der Waals surface area contributed by atoms with Gasteiger partial charge in [-0.3, -0.25) is 4.98 Å². The van der Waals surface area contributed by atoms with Crippen LogP contribution in [-0.4, -0.2) is 60.9 Å². The number of pyridine rings is 1. The van der Waals surface area contributed by atoms with Gasteiger partial charge < -0.3 is 9.80 Å². The minimum absolute atomic E-state index is 0.375. The molecule has 0 bridgehead atoms. The lowest BCUT2D eigenvalue weighted by Gasteiger charge is -2.44. The van der Waals surface area contributed by atoms with Crippen LogP contribution in [0.3, 0.4) is 0 Å². The number of rotatable bonds is 3. The predicted molar refractivity (Wildman–Crippen MR) is 92.5 cm³/mol. The second-order valence-electron chi connectivity index (χ2n) is 6.06. The summed E-state index contributed by atoms with van der Waals surface area (Å²) >= 11 is 0. The second-order valence-corrected chi connectivity index (χ2v) is 6.06. The molecule has 4 aromatic rings. The smallest absolute Gasteiger partial charge is 0.180 e. The molecule has 9 heteroatoms. The van der Waals surface area contributed by atoms with Gasteiger partial charge in [0.05, 0.1) is 6.04 Å². The normalized spacial score (nSPS) is 14.8. The molecule has 5 heterocycles. The first kappa shape index (κ1) is 14.0. The molecule has 124 valence electrons. The molecular weight excluding hydrogens is 318 g/mol. The van der Waals surface area contributed by atoms with E-state index in [1.165, 1.54) is 0 Å². The van der Waals surface area contributed by atoms with Crippen molar-refractivity contribution in [1.82, 2.24) is 34.8 Å². The van der Waals surface area contributed by atoms with Crippen LogP contribution in [0.2, 0.25) is 0 Å². The molecule has 0 unspecified atom stereocenters. The van der Waals surface area contributed by atoms with Crippen LogP contribution in [-0.2, 0) is 0 Å². The first-order valence-corrected chi connectivity index (χ1v) is 8.00. The Morgan fingerprint density at radius 1 is 1.08 bits per heavy atom. The van der Waals surface area contributed by atoms with Crippen LogP contribution in [0, 0.1) is 0 Å². The van der Waals surface area contributed by atoms with Gasteiger partial charge in [-0.1, -0.05) is 0 Å². The summed E-state index contributed by atoms with van der Waals surface area (Å²) in [5, 5.41) is 12.4. The molecule has 1 aliphatic rings. The Bertz CT molecular complexity index is 1050.